The molecular weight excluding hydrogens is 567 g/mol. The van der Waals surface area contributed by atoms with Crippen molar-refractivity contribution in [1.82, 2.24) is 15.2 Å². The number of likely N-dealkylation sites (tertiary alicyclic amines) is 1. The number of carbonyl (C=O) groups is 1. The highest BCUT2D eigenvalue weighted by atomic mass is 35.5. The molecule has 0 aliphatic carbocycles. The third-order valence-corrected chi connectivity index (χ3v) is 7.97. The number of amides is 2. The number of nitrogens with one attached hydrogen (secondary N) is 1. The minimum Gasteiger partial charge on any atom is -0.334 e. The highest BCUT2D eigenvalue weighted by Gasteiger charge is 2.49. The summed E-state index contributed by atoms with van der Waals surface area (Å²) in [4.78, 5) is 20.6. The molecule has 0 radical (unpaired) electrons. The molecule has 1 saturated heterocycles. The second-order valence-corrected chi connectivity index (χ2v) is 10.9. The molecule has 1 spiro atoms. The summed E-state index contributed by atoms with van der Waals surface area (Å²) in [6.07, 6.45) is 1.77. The Morgan fingerprint density at radius 1 is 1.07 bits per heavy atom. The summed E-state index contributed by atoms with van der Waals surface area (Å²) in [6, 6.07) is 11.6. The lowest BCUT2D eigenvalue weighted by molar-refractivity contribution is -0.137. The van der Waals surface area contributed by atoms with Crippen molar-refractivity contribution in [2.75, 3.05) is 31.1 Å². The fourth-order valence-electron chi connectivity index (χ4n) is 5.45. The third kappa shape index (κ3) is 6.11. The van der Waals surface area contributed by atoms with Gasteiger partial charge in [-0.05, 0) is 73.5 Å². The van der Waals surface area contributed by atoms with Crippen molar-refractivity contribution in [3.05, 3.63) is 99.1 Å². The Hall–Kier alpha value is -3.14. The molecule has 0 bridgehead atoms. The lowest BCUT2D eigenvalue weighted by atomic mass is 9.74. The second kappa shape index (κ2) is 11.4. The van der Waals surface area contributed by atoms with Crippen molar-refractivity contribution in [3.8, 4) is 0 Å². The van der Waals surface area contributed by atoms with Crippen molar-refractivity contribution < 1.29 is 22.4 Å². The number of urea groups is 1. The van der Waals surface area contributed by atoms with Crippen LogP contribution in [0.5, 0.6) is 0 Å². The maximum absolute atomic E-state index is 15.4. The molecule has 40 heavy (non-hydrogen) atoms. The van der Waals surface area contributed by atoms with Gasteiger partial charge < -0.3 is 5.32 Å². The first kappa shape index (κ1) is 28.4. The van der Waals surface area contributed by atoms with Gasteiger partial charge in [0, 0.05) is 41.8 Å². The molecule has 210 valence electrons. The maximum Gasteiger partial charge on any atom is 0.416 e. The number of piperidine rings is 1. The first-order chi connectivity index (χ1) is 19.0. The molecule has 2 aliphatic rings. The molecule has 0 atom stereocenters. The number of alkyl halides is 3. The van der Waals surface area contributed by atoms with Gasteiger partial charge in [0.2, 0.25) is 0 Å². The molecule has 3 aromatic rings. The van der Waals surface area contributed by atoms with E-state index >= 15 is 4.39 Å². The van der Waals surface area contributed by atoms with Crippen LogP contribution in [0.15, 0.2) is 60.8 Å². The van der Waals surface area contributed by atoms with Crippen LogP contribution in [0.2, 0.25) is 10.2 Å². The van der Waals surface area contributed by atoms with Crippen LogP contribution < -0.4 is 10.2 Å². The number of hydrogen-bond donors (Lipinski definition) is 1. The topological polar surface area (TPSA) is 48.5 Å². The van der Waals surface area contributed by atoms with Crippen LogP contribution in [0.25, 0.3) is 6.08 Å². The van der Waals surface area contributed by atoms with Crippen molar-refractivity contribution in [2.45, 2.75) is 31.0 Å². The third-order valence-electron chi connectivity index (χ3n) is 7.52. The monoisotopic (exact) mass is 592 g/mol. The summed E-state index contributed by atoms with van der Waals surface area (Å²) < 4.78 is 56.2. The van der Waals surface area contributed by atoms with E-state index in [-0.39, 0.29) is 29.5 Å². The number of anilines is 1. The van der Waals surface area contributed by atoms with E-state index in [1.807, 2.05) is 36.4 Å². The number of pyridine rings is 1. The van der Waals surface area contributed by atoms with Gasteiger partial charge in [0.05, 0.1) is 11.3 Å². The minimum atomic E-state index is -4.75. The first-order valence-electron chi connectivity index (χ1n) is 12.8. The van der Waals surface area contributed by atoms with Crippen LogP contribution in [-0.2, 0) is 18.1 Å². The molecule has 1 fully saturated rings. The number of aromatic nitrogens is 1. The van der Waals surface area contributed by atoms with Gasteiger partial charge in [-0.15, -0.1) is 0 Å². The predicted octanol–water partition coefficient (Wildman–Crippen LogP) is 7.32. The van der Waals surface area contributed by atoms with E-state index in [1.54, 1.807) is 12.1 Å². The Kier molecular flexibility index (Phi) is 8.08. The van der Waals surface area contributed by atoms with E-state index in [4.69, 9.17) is 23.2 Å². The zero-order chi connectivity index (χ0) is 28.5. The molecule has 5 rings (SSSR count). The number of rotatable bonds is 5. The summed E-state index contributed by atoms with van der Waals surface area (Å²) in [5.41, 5.74) is -0.0625. The Balaban J connectivity index is 1.34. The first-order valence-corrected chi connectivity index (χ1v) is 13.5. The summed E-state index contributed by atoms with van der Waals surface area (Å²) in [5, 5.41) is 3.65. The SMILES string of the molecule is O=C(NCc1ccnc(Cl)c1)N1CC2(CCN(CC=Cc3ccc(Cl)cc3)CC2)c2c(F)cc(C(F)(F)F)cc21. The van der Waals surface area contributed by atoms with E-state index in [9.17, 15) is 18.0 Å². The molecular formula is C29H26Cl2F4N4O. The summed E-state index contributed by atoms with van der Waals surface area (Å²) in [6.45, 7) is 2.07. The summed E-state index contributed by atoms with van der Waals surface area (Å²) in [5.74, 6) is -0.933. The zero-order valence-corrected chi connectivity index (χ0v) is 22.8. The van der Waals surface area contributed by atoms with Crippen LogP contribution in [0.4, 0.5) is 28.0 Å². The molecule has 11 heteroatoms. The zero-order valence-electron chi connectivity index (χ0n) is 21.3. The maximum atomic E-state index is 15.4. The average molecular weight is 593 g/mol. The van der Waals surface area contributed by atoms with Crippen molar-refractivity contribution in [1.29, 1.82) is 0 Å². The molecule has 0 unspecified atom stereocenters. The minimum absolute atomic E-state index is 0.0336. The van der Waals surface area contributed by atoms with E-state index in [0.717, 1.165) is 11.6 Å². The summed E-state index contributed by atoms with van der Waals surface area (Å²) >= 11 is 11.8. The average Bonchev–Trinajstić information content (AvgIpc) is 3.23. The Morgan fingerprint density at radius 2 is 1.80 bits per heavy atom. The quantitative estimate of drug-likeness (QED) is 0.249. The normalized spacial score (nSPS) is 17.0. The standard InChI is InChI=1S/C29H26Cl2F4N4O/c30-22-5-3-19(4-6-22)2-1-11-38-12-8-28(9-13-38)18-39(27(40)37-17-20-7-10-36-25(31)14-20)24-16-21(29(33,34)35)15-23(32)26(24)28/h1-7,10,14-16H,8-9,11-13,17-18H2,(H,37,40). The van der Waals surface area contributed by atoms with Gasteiger partial charge in [-0.3, -0.25) is 9.80 Å². The Bertz CT molecular complexity index is 1420. The molecule has 5 nitrogen and oxygen atoms in total. The molecule has 0 saturated carbocycles. The number of benzene rings is 2. The number of halogens is 6. The van der Waals surface area contributed by atoms with Crippen LogP contribution in [0.3, 0.4) is 0 Å². The highest BCUT2D eigenvalue weighted by molar-refractivity contribution is 6.30. The van der Waals surface area contributed by atoms with Crippen LogP contribution in [0, 0.1) is 5.82 Å². The van der Waals surface area contributed by atoms with E-state index in [0.29, 0.717) is 49.1 Å². The summed E-state index contributed by atoms with van der Waals surface area (Å²) in [7, 11) is 0. The molecule has 1 N–H and O–H groups in total. The molecule has 1 aromatic heterocycles. The molecule has 2 amide bonds. The van der Waals surface area contributed by atoms with E-state index in [1.165, 1.54) is 11.1 Å². The van der Waals surface area contributed by atoms with Gasteiger partial charge in [0.25, 0.3) is 0 Å². The number of carbonyl (C=O) groups excluding carboxylic acids is 1. The highest BCUT2D eigenvalue weighted by Crippen LogP contribution is 2.50. The number of fused-ring (bicyclic) bond motifs is 2. The van der Waals surface area contributed by atoms with E-state index < -0.39 is 29.0 Å². The van der Waals surface area contributed by atoms with E-state index in [2.05, 4.69) is 15.2 Å². The van der Waals surface area contributed by atoms with Gasteiger partial charge >= 0.3 is 12.2 Å². The molecule has 3 heterocycles. The Morgan fingerprint density at radius 3 is 2.48 bits per heavy atom. The predicted molar refractivity (Wildman–Crippen MR) is 148 cm³/mol. The number of nitrogens with zero attached hydrogens (tertiary/aromatic N) is 3. The van der Waals surface area contributed by atoms with Gasteiger partial charge in [0.15, 0.2) is 0 Å². The van der Waals surface area contributed by atoms with Gasteiger partial charge in [-0.2, -0.15) is 13.2 Å². The van der Waals surface area contributed by atoms with Crippen LogP contribution in [-0.4, -0.2) is 42.1 Å². The van der Waals surface area contributed by atoms with Crippen molar-refractivity contribution in [3.63, 3.8) is 0 Å². The van der Waals surface area contributed by atoms with Crippen LogP contribution >= 0.6 is 23.2 Å². The fourth-order valence-corrected chi connectivity index (χ4v) is 5.77. The van der Waals surface area contributed by atoms with Gasteiger partial charge in [0.1, 0.15) is 11.0 Å². The number of hydrogen-bond acceptors (Lipinski definition) is 3. The molecule has 2 aliphatic heterocycles. The molecule has 2 aromatic carbocycles. The van der Waals surface area contributed by atoms with Gasteiger partial charge in [-0.25, -0.2) is 14.2 Å². The Labute approximate surface area is 239 Å². The second-order valence-electron chi connectivity index (χ2n) is 10.1. The fraction of sp³-hybridized carbons (Fsp3) is 0.310. The largest absolute Gasteiger partial charge is 0.416 e. The van der Waals surface area contributed by atoms with Gasteiger partial charge in [-0.1, -0.05) is 47.5 Å². The lowest BCUT2D eigenvalue weighted by Gasteiger charge is -2.39. The van der Waals surface area contributed by atoms with Crippen molar-refractivity contribution in [2.24, 2.45) is 0 Å². The van der Waals surface area contributed by atoms with Crippen LogP contribution in [0.1, 0.15) is 35.1 Å². The smallest absolute Gasteiger partial charge is 0.334 e. The lowest BCUT2D eigenvalue weighted by Crippen LogP contribution is -2.47. The van der Waals surface area contributed by atoms with Crippen molar-refractivity contribution >= 4 is 41.0 Å².